The third-order valence-electron chi connectivity index (χ3n) is 4.10. The number of imide groups is 1. The lowest BCUT2D eigenvalue weighted by Gasteiger charge is -2.12. The van der Waals surface area contributed by atoms with Crippen molar-refractivity contribution in [2.75, 3.05) is 13.1 Å². The van der Waals surface area contributed by atoms with E-state index in [9.17, 15) is 18.8 Å². The lowest BCUT2D eigenvalue weighted by atomic mass is 10.2. The molecule has 9 heteroatoms. The number of hydrogen-bond donors (Lipinski definition) is 1. The van der Waals surface area contributed by atoms with E-state index in [2.05, 4.69) is 10.3 Å². The maximum atomic E-state index is 13.7. The lowest BCUT2D eigenvalue weighted by Crippen LogP contribution is -2.34. The van der Waals surface area contributed by atoms with E-state index in [1.54, 1.807) is 24.7 Å². The minimum absolute atomic E-state index is 0.00731. The molecule has 1 aliphatic heterocycles. The number of thioether (sulfide) groups is 1. The van der Waals surface area contributed by atoms with Gasteiger partial charge in [-0.05, 0) is 30.3 Å². The van der Waals surface area contributed by atoms with Crippen LogP contribution in [0.2, 0.25) is 0 Å². The first-order valence-corrected chi connectivity index (χ1v) is 9.58. The second-order valence-electron chi connectivity index (χ2n) is 6.11. The summed E-state index contributed by atoms with van der Waals surface area (Å²) in [7, 11) is 0. The van der Waals surface area contributed by atoms with E-state index in [1.165, 1.54) is 18.2 Å². The number of halogens is 1. The smallest absolute Gasteiger partial charge is 0.293 e. The maximum absolute atomic E-state index is 13.7. The molecule has 0 bridgehead atoms. The Bertz CT molecular complexity index is 898. The highest BCUT2D eigenvalue weighted by Crippen LogP contribution is 2.32. The Labute approximate surface area is 165 Å². The van der Waals surface area contributed by atoms with Crippen LogP contribution in [0.5, 0.6) is 0 Å². The van der Waals surface area contributed by atoms with Gasteiger partial charge in [-0.2, -0.15) is 0 Å². The van der Waals surface area contributed by atoms with Crippen LogP contribution in [-0.2, 0) is 16.1 Å². The second-order valence-corrected chi connectivity index (χ2v) is 7.10. The van der Waals surface area contributed by atoms with E-state index >= 15 is 0 Å². The van der Waals surface area contributed by atoms with Gasteiger partial charge in [0.25, 0.3) is 11.1 Å². The predicted octanol–water partition coefficient (Wildman–Crippen LogP) is 2.66. The van der Waals surface area contributed by atoms with Crippen LogP contribution in [0.15, 0.2) is 47.9 Å². The van der Waals surface area contributed by atoms with Crippen LogP contribution in [-0.4, -0.2) is 44.6 Å². The fourth-order valence-corrected chi connectivity index (χ4v) is 3.49. The third kappa shape index (κ3) is 5.07. The highest BCUT2D eigenvalue weighted by Gasteiger charge is 2.35. The van der Waals surface area contributed by atoms with Gasteiger partial charge in [-0.1, -0.05) is 18.2 Å². The predicted molar refractivity (Wildman–Crippen MR) is 104 cm³/mol. The molecular formula is C19H19FN4O3S. The molecule has 28 heavy (non-hydrogen) atoms. The largest absolute Gasteiger partial charge is 0.356 e. The average Bonchev–Trinajstić information content (AvgIpc) is 3.28. The zero-order chi connectivity index (χ0) is 19.9. The number of amides is 3. The van der Waals surface area contributed by atoms with Gasteiger partial charge in [0, 0.05) is 44.0 Å². The number of benzene rings is 1. The van der Waals surface area contributed by atoms with E-state index in [1.807, 2.05) is 10.8 Å². The molecule has 0 spiro atoms. The molecule has 1 saturated heterocycles. The molecule has 3 rings (SSSR count). The molecule has 7 nitrogen and oxygen atoms in total. The first-order valence-electron chi connectivity index (χ1n) is 8.77. The average molecular weight is 402 g/mol. The number of imidazole rings is 1. The first-order chi connectivity index (χ1) is 13.5. The summed E-state index contributed by atoms with van der Waals surface area (Å²) in [5.74, 6) is -1.21. The van der Waals surface area contributed by atoms with Crippen molar-refractivity contribution in [3.63, 3.8) is 0 Å². The van der Waals surface area contributed by atoms with Gasteiger partial charge < -0.3 is 9.88 Å². The summed E-state index contributed by atoms with van der Waals surface area (Å²) < 4.78 is 15.6. The van der Waals surface area contributed by atoms with Gasteiger partial charge in [0.1, 0.15) is 5.82 Å². The van der Waals surface area contributed by atoms with Gasteiger partial charge in [-0.3, -0.25) is 19.3 Å². The van der Waals surface area contributed by atoms with Gasteiger partial charge in [0.2, 0.25) is 5.91 Å². The molecule has 0 radical (unpaired) electrons. The van der Waals surface area contributed by atoms with Crippen molar-refractivity contribution in [1.29, 1.82) is 0 Å². The van der Waals surface area contributed by atoms with Crippen LogP contribution in [0.3, 0.4) is 0 Å². The van der Waals surface area contributed by atoms with Crippen LogP contribution >= 0.6 is 11.8 Å². The molecule has 1 aromatic carbocycles. The normalized spacial score (nSPS) is 15.5. The molecule has 0 unspecified atom stereocenters. The molecule has 1 aliphatic rings. The van der Waals surface area contributed by atoms with Gasteiger partial charge >= 0.3 is 0 Å². The summed E-state index contributed by atoms with van der Waals surface area (Å²) in [4.78, 5) is 41.5. The van der Waals surface area contributed by atoms with Crippen molar-refractivity contribution in [2.45, 2.75) is 19.4 Å². The maximum Gasteiger partial charge on any atom is 0.293 e. The minimum Gasteiger partial charge on any atom is -0.356 e. The molecule has 3 amide bonds. The van der Waals surface area contributed by atoms with Crippen LogP contribution < -0.4 is 5.32 Å². The molecule has 0 saturated carbocycles. The summed E-state index contributed by atoms with van der Waals surface area (Å²) in [5, 5.41) is 2.31. The van der Waals surface area contributed by atoms with E-state index in [-0.39, 0.29) is 29.3 Å². The van der Waals surface area contributed by atoms with Crippen molar-refractivity contribution in [3.8, 4) is 0 Å². The lowest BCUT2D eigenvalue weighted by molar-refractivity contribution is -0.124. The number of aryl methyl sites for hydroxylation is 1. The molecule has 1 N–H and O–H groups in total. The van der Waals surface area contributed by atoms with E-state index < -0.39 is 17.0 Å². The fraction of sp³-hybridized carbons (Fsp3) is 0.263. The number of hydrogen-bond acceptors (Lipinski definition) is 5. The van der Waals surface area contributed by atoms with Gasteiger partial charge in [0.05, 0.1) is 11.2 Å². The van der Waals surface area contributed by atoms with Crippen LogP contribution in [0.1, 0.15) is 18.4 Å². The minimum atomic E-state index is -0.508. The summed E-state index contributed by atoms with van der Waals surface area (Å²) in [6.45, 7) is 1.23. The number of carbonyl (C=O) groups excluding carboxylic acids is 3. The van der Waals surface area contributed by atoms with Crippen LogP contribution in [0.4, 0.5) is 9.18 Å². The number of nitrogens with zero attached hydrogens (tertiary/aromatic N) is 3. The van der Waals surface area contributed by atoms with Gasteiger partial charge in [0.15, 0.2) is 0 Å². The Morgan fingerprint density at radius 1 is 1.25 bits per heavy atom. The zero-order valence-electron chi connectivity index (χ0n) is 15.0. The van der Waals surface area contributed by atoms with E-state index in [4.69, 9.17) is 0 Å². The number of nitrogens with one attached hydrogen (secondary N) is 1. The van der Waals surface area contributed by atoms with E-state index in [0.717, 1.165) is 29.6 Å². The summed E-state index contributed by atoms with van der Waals surface area (Å²) in [6, 6.07) is 6.01. The van der Waals surface area contributed by atoms with Crippen LogP contribution in [0.25, 0.3) is 6.08 Å². The number of aromatic nitrogens is 2. The van der Waals surface area contributed by atoms with Crippen LogP contribution in [0, 0.1) is 5.82 Å². The Hall–Kier alpha value is -2.94. The summed E-state index contributed by atoms with van der Waals surface area (Å²) in [5.41, 5.74) is 0.239. The highest BCUT2D eigenvalue weighted by atomic mass is 32.2. The van der Waals surface area contributed by atoms with Crippen molar-refractivity contribution in [2.24, 2.45) is 0 Å². The standard InChI is InChI=1S/C19H19FN4O3S/c20-15-5-2-1-4-14(15)12-16-18(26)24(19(27)28-16)10-6-17(25)22-7-3-9-23-11-8-21-13-23/h1-2,4-5,8,11-13H,3,6-7,9-10H2,(H,22,25)/b16-12-. The quantitative estimate of drug-likeness (QED) is 0.542. The monoisotopic (exact) mass is 402 g/mol. The SMILES string of the molecule is O=C(CCN1C(=O)S/C(=C\c2ccccc2F)C1=O)NCCCn1ccnc1. The van der Waals surface area contributed by atoms with Gasteiger partial charge in [-0.15, -0.1) is 0 Å². The molecule has 146 valence electrons. The molecule has 2 heterocycles. The Morgan fingerprint density at radius 3 is 2.82 bits per heavy atom. The van der Waals surface area contributed by atoms with Crippen molar-refractivity contribution < 1.29 is 18.8 Å². The zero-order valence-corrected chi connectivity index (χ0v) is 15.8. The number of rotatable bonds is 8. The Kier molecular flexibility index (Phi) is 6.59. The third-order valence-corrected chi connectivity index (χ3v) is 5.01. The Morgan fingerprint density at radius 2 is 2.07 bits per heavy atom. The molecular weight excluding hydrogens is 383 g/mol. The van der Waals surface area contributed by atoms with E-state index in [0.29, 0.717) is 6.54 Å². The van der Waals surface area contributed by atoms with Gasteiger partial charge in [-0.25, -0.2) is 9.37 Å². The second kappa shape index (κ2) is 9.32. The molecule has 2 aromatic rings. The summed E-state index contributed by atoms with van der Waals surface area (Å²) >= 11 is 0.748. The highest BCUT2D eigenvalue weighted by molar-refractivity contribution is 8.18. The van der Waals surface area contributed by atoms with Crippen molar-refractivity contribution >= 4 is 34.9 Å². The topological polar surface area (TPSA) is 84.3 Å². The molecule has 0 atom stereocenters. The fourth-order valence-electron chi connectivity index (χ4n) is 2.64. The van der Waals surface area contributed by atoms with Crippen molar-refractivity contribution in [3.05, 3.63) is 59.3 Å². The summed E-state index contributed by atoms with van der Waals surface area (Å²) in [6.07, 6.45) is 7.37. The Balaban J connectivity index is 1.46. The molecule has 0 aliphatic carbocycles. The molecule has 1 aromatic heterocycles. The van der Waals surface area contributed by atoms with Crippen molar-refractivity contribution in [1.82, 2.24) is 19.8 Å². The number of carbonyl (C=O) groups is 3. The molecule has 1 fully saturated rings. The first kappa shape index (κ1) is 19.8.